The van der Waals surface area contributed by atoms with Gasteiger partial charge in [-0.1, -0.05) is 0 Å². The summed E-state index contributed by atoms with van der Waals surface area (Å²) in [5.74, 6) is 1.18. The molecular formula is C11H17N5. The van der Waals surface area contributed by atoms with Gasteiger partial charge in [-0.3, -0.25) is 0 Å². The molecule has 1 atom stereocenters. The van der Waals surface area contributed by atoms with E-state index in [0.717, 1.165) is 25.3 Å². The Morgan fingerprint density at radius 3 is 3.06 bits per heavy atom. The van der Waals surface area contributed by atoms with Crippen LogP contribution in [0.4, 0.5) is 5.82 Å². The molecule has 1 aromatic rings. The van der Waals surface area contributed by atoms with Gasteiger partial charge in [0.15, 0.2) is 5.96 Å². The van der Waals surface area contributed by atoms with Crippen molar-refractivity contribution in [3.8, 4) is 0 Å². The van der Waals surface area contributed by atoms with Crippen LogP contribution in [0.2, 0.25) is 0 Å². The second-order valence-corrected chi connectivity index (χ2v) is 4.13. The molecule has 0 amide bonds. The maximum atomic E-state index is 5.37. The summed E-state index contributed by atoms with van der Waals surface area (Å²) >= 11 is 0. The van der Waals surface area contributed by atoms with Crippen molar-refractivity contribution < 1.29 is 0 Å². The highest BCUT2D eigenvalue weighted by atomic mass is 15.2. The molecule has 0 aromatic carbocycles. The van der Waals surface area contributed by atoms with Crippen LogP contribution < -0.4 is 16.4 Å². The number of rotatable bonds is 2. The topological polar surface area (TPSA) is 80.5 Å². The summed E-state index contributed by atoms with van der Waals surface area (Å²) in [6.07, 6.45) is 2.81. The van der Waals surface area contributed by atoms with E-state index in [9.17, 15) is 0 Å². The summed E-state index contributed by atoms with van der Waals surface area (Å²) in [6.45, 7) is 3.86. The number of aryl methyl sites for hydroxylation is 1. The maximum absolute atomic E-state index is 5.37. The Hall–Kier alpha value is -1.78. The lowest BCUT2D eigenvalue weighted by atomic mass is 10.3. The van der Waals surface area contributed by atoms with Crippen LogP contribution in [0, 0.1) is 6.92 Å². The highest BCUT2D eigenvalue weighted by Crippen LogP contribution is 2.20. The van der Waals surface area contributed by atoms with Crippen molar-refractivity contribution in [1.82, 2.24) is 4.98 Å². The van der Waals surface area contributed by atoms with Gasteiger partial charge in [0.25, 0.3) is 0 Å². The molecule has 2 rings (SSSR count). The standard InChI is InChI=1S/C11H17N5/c1-8-2-4-14-10(6-8)16-5-3-9(7-16)15-11(12)13/h2,4,6,9H,3,5,7H2,1H3,(H4,12,13,15). The van der Waals surface area contributed by atoms with E-state index >= 15 is 0 Å². The molecule has 2 heterocycles. The molecule has 0 radical (unpaired) electrons. The number of guanidine groups is 1. The van der Waals surface area contributed by atoms with Gasteiger partial charge >= 0.3 is 0 Å². The lowest BCUT2D eigenvalue weighted by molar-refractivity contribution is 0.751. The van der Waals surface area contributed by atoms with Crippen molar-refractivity contribution in [2.75, 3.05) is 18.0 Å². The quantitative estimate of drug-likeness (QED) is 0.551. The molecular weight excluding hydrogens is 202 g/mol. The normalized spacial score (nSPS) is 19.8. The first kappa shape index (κ1) is 10.7. The molecule has 1 unspecified atom stereocenters. The number of aliphatic imine (C=N–C) groups is 1. The Morgan fingerprint density at radius 1 is 1.56 bits per heavy atom. The van der Waals surface area contributed by atoms with Crippen LogP contribution in [-0.4, -0.2) is 30.1 Å². The third kappa shape index (κ3) is 2.42. The van der Waals surface area contributed by atoms with Crippen molar-refractivity contribution >= 4 is 11.8 Å². The fourth-order valence-corrected chi connectivity index (χ4v) is 1.96. The molecule has 5 nitrogen and oxygen atoms in total. The average Bonchev–Trinajstić information content (AvgIpc) is 2.65. The third-order valence-corrected chi connectivity index (χ3v) is 2.72. The van der Waals surface area contributed by atoms with E-state index in [2.05, 4.69) is 27.9 Å². The van der Waals surface area contributed by atoms with Crippen molar-refractivity contribution in [2.24, 2.45) is 16.5 Å². The van der Waals surface area contributed by atoms with Crippen LogP contribution in [-0.2, 0) is 0 Å². The predicted molar refractivity (Wildman–Crippen MR) is 65.4 cm³/mol. The zero-order valence-corrected chi connectivity index (χ0v) is 9.43. The summed E-state index contributed by atoms with van der Waals surface area (Å²) in [7, 11) is 0. The van der Waals surface area contributed by atoms with Gasteiger partial charge in [0.2, 0.25) is 0 Å². The number of pyridine rings is 1. The fourth-order valence-electron chi connectivity index (χ4n) is 1.96. The average molecular weight is 219 g/mol. The summed E-state index contributed by atoms with van der Waals surface area (Å²) in [5.41, 5.74) is 12.0. The number of aromatic nitrogens is 1. The van der Waals surface area contributed by atoms with Crippen LogP contribution in [0.1, 0.15) is 12.0 Å². The zero-order chi connectivity index (χ0) is 11.5. The second-order valence-electron chi connectivity index (χ2n) is 4.13. The molecule has 5 heteroatoms. The molecule has 1 aliphatic heterocycles. The Bertz CT molecular complexity index is 397. The van der Waals surface area contributed by atoms with Crippen molar-refractivity contribution in [3.05, 3.63) is 23.9 Å². The van der Waals surface area contributed by atoms with E-state index in [4.69, 9.17) is 11.5 Å². The molecule has 1 aliphatic rings. The molecule has 0 spiro atoms. The molecule has 86 valence electrons. The van der Waals surface area contributed by atoms with E-state index in [0.29, 0.717) is 0 Å². The molecule has 4 N–H and O–H groups in total. The molecule has 1 aromatic heterocycles. The van der Waals surface area contributed by atoms with Gasteiger partial charge in [0, 0.05) is 19.3 Å². The highest BCUT2D eigenvalue weighted by molar-refractivity contribution is 5.76. The van der Waals surface area contributed by atoms with E-state index in [1.165, 1.54) is 5.56 Å². The number of hydrogen-bond acceptors (Lipinski definition) is 3. The van der Waals surface area contributed by atoms with Crippen LogP contribution in [0.15, 0.2) is 23.3 Å². The van der Waals surface area contributed by atoms with Crippen LogP contribution in [0.25, 0.3) is 0 Å². The highest BCUT2D eigenvalue weighted by Gasteiger charge is 2.22. The van der Waals surface area contributed by atoms with E-state index in [-0.39, 0.29) is 12.0 Å². The molecule has 0 saturated carbocycles. The van der Waals surface area contributed by atoms with Gasteiger partial charge in [-0.2, -0.15) is 0 Å². The predicted octanol–water partition coefficient (Wildman–Crippen LogP) is 0.242. The SMILES string of the molecule is Cc1ccnc(N2CCC(N=C(N)N)C2)c1. The zero-order valence-electron chi connectivity index (χ0n) is 9.43. The fraction of sp³-hybridized carbons (Fsp3) is 0.455. The van der Waals surface area contributed by atoms with Crippen LogP contribution in [0.3, 0.4) is 0 Å². The molecule has 0 bridgehead atoms. The summed E-state index contributed by atoms with van der Waals surface area (Å²) in [5, 5.41) is 0. The minimum absolute atomic E-state index is 0.170. The van der Waals surface area contributed by atoms with Crippen LogP contribution >= 0.6 is 0 Å². The van der Waals surface area contributed by atoms with Gasteiger partial charge in [-0.15, -0.1) is 0 Å². The first-order valence-electron chi connectivity index (χ1n) is 5.41. The molecule has 0 aliphatic carbocycles. The second kappa shape index (κ2) is 4.38. The van der Waals surface area contributed by atoms with E-state index in [1.807, 2.05) is 12.3 Å². The first-order valence-corrected chi connectivity index (χ1v) is 5.41. The first-order chi connectivity index (χ1) is 7.65. The Kier molecular flexibility index (Phi) is 2.94. The van der Waals surface area contributed by atoms with E-state index < -0.39 is 0 Å². The number of anilines is 1. The number of hydrogen-bond donors (Lipinski definition) is 2. The summed E-state index contributed by atoms with van der Waals surface area (Å²) in [4.78, 5) is 10.7. The van der Waals surface area contributed by atoms with Crippen molar-refractivity contribution in [3.63, 3.8) is 0 Å². The van der Waals surface area contributed by atoms with E-state index in [1.54, 1.807) is 0 Å². The van der Waals surface area contributed by atoms with Gasteiger partial charge < -0.3 is 16.4 Å². The smallest absolute Gasteiger partial charge is 0.186 e. The summed E-state index contributed by atoms with van der Waals surface area (Å²) < 4.78 is 0. The lowest BCUT2D eigenvalue weighted by Gasteiger charge is -2.16. The van der Waals surface area contributed by atoms with Crippen molar-refractivity contribution in [1.29, 1.82) is 0 Å². The Balaban J connectivity index is 2.06. The summed E-state index contributed by atoms with van der Waals surface area (Å²) in [6, 6.07) is 4.28. The monoisotopic (exact) mass is 219 g/mol. The van der Waals surface area contributed by atoms with Gasteiger partial charge in [0.1, 0.15) is 5.82 Å². The lowest BCUT2D eigenvalue weighted by Crippen LogP contribution is -2.27. The van der Waals surface area contributed by atoms with Crippen LogP contribution in [0.5, 0.6) is 0 Å². The molecule has 1 saturated heterocycles. The van der Waals surface area contributed by atoms with Gasteiger partial charge in [-0.25, -0.2) is 9.98 Å². The number of nitrogens with two attached hydrogens (primary N) is 2. The third-order valence-electron chi connectivity index (χ3n) is 2.72. The van der Waals surface area contributed by atoms with Crippen molar-refractivity contribution in [2.45, 2.75) is 19.4 Å². The maximum Gasteiger partial charge on any atom is 0.186 e. The Labute approximate surface area is 95.2 Å². The van der Waals surface area contributed by atoms with Gasteiger partial charge in [0.05, 0.1) is 6.04 Å². The molecule has 16 heavy (non-hydrogen) atoms. The Morgan fingerprint density at radius 2 is 2.38 bits per heavy atom. The minimum Gasteiger partial charge on any atom is -0.370 e. The molecule has 1 fully saturated rings. The minimum atomic E-state index is 0.170. The largest absolute Gasteiger partial charge is 0.370 e. The van der Waals surface area contributed by atoms with Gasteiger partial charge in [-0.05, 0) is 31.0 Å². The number of nitrogens with zero attached hydrogens (tertiary/aromatic N) is 3.